The molecule has 0 aliphatic heterocycles. The third-order valence-electron chi connectivity index (χ3n) is 6.43. The second-order valence-corrected chi connectivity index (χ2v) is 11.7. The van der Waals surface area contributed by atoms with Crippen LogP contribution in [0.15, 0.2) is 79.0 Å². The molecule has 4 rings (SSSR count). The number of nitriles is 1. The second kappa shape index (κ2) is 12.5. The smallest absolute Gasteiger partial charge is 0.251 e. The van der Waals surface area contributed by atoms with E-state index in [0.29, 0.717) is 47.0 Å². The molecular formula is C30H30N4O4S. The molecule has 1 atom stereocenters. The highest BCUT2D eigenvalue weighted by atomic mass is 32.2. The monoisotopic (exact) mass is 542 g/mol. The number of aromatic nitrogens is 1. The van der Waals surface area contributed by atoms with Crippen LogP contribution >= 0.6 is 0 Å². The zero-order valence-electron chi connectivity index (χ0n) is 21.6. The van der Waals surface area contributed by atoms with Crippen LogP contribution in [0.5, 0.6) is 0 Å². The number of amides is 1. The van der Waals surface area contributed by atoms with E-state index in [1.807, 2.05) is 42.5 Å². The average Bonchev–Trinajstić information content (AvgIpc) is 3.37. The van der Waals surface area contributed by atoms with Crippen molar-refractivity contribution in [3.05, 3.63) is 107 Å². The van der Waals surface area contributed by atoms with Gasteiger partial charge in [-0.15, -0.1) is 0 Å². The Bertz CT molecular complexity index is 1600. The van der Waals surface area contributed by atoms with Gasteiger partial charge in [-0.05, 0) is 48.2 Å². The molecule has 1 amide bonds. The van der Waals surface area contributed by atoms with Gasteiger partial charge in [0, 0.05) is 47.6 Å². The minimum Gasteiger partial charge on any atom is -0.360 e. The number of fused-ring (bicyclic) bond motifs is 1. The van der Waals surface area contributed by atoms with Crippen molar-refractivity contribution in [2.75, 3.05) is 25.1 Å². The number of aromatic amines is 1. The molecule has 39 heavy (non-hydrogen) atoms. The minimum atomic E-state index is -3.08. The van der Waals surface area contributed by atoms with E-state index in [-0.39, 0.29) is 24.0 Å². The Morgan fingerprint density at radius 3 is 2.44 bits per heavy atom. The summed E-state index contributed by atoms with van der Waals surface area (Å²) in [6.45, 7) is 0.814. The number of Topliss-reactive ketones (excluding diaryl/α,β-unsaturated/α-hetero) is 1. The molecule has 0 spiro atoms. The van der Waals surface area contributed by atoms with Crippen molar-refractivity contribution in [2.24, 2.45) is 0 Å². The van der Waals surface area contributed by atoms with E-state index in [9.17, 15) is 18.0 Å². The normalized spacial score (nSPS) is 12.1. The van der Waals surface area contributed by atoms with Crippen molar-refractivity contribution in [3.8, 4) is 6.07 Å². The second-order valence-electron chi connectivity index (χ2n) is 9.42. The van der Waals surface area contributed by atoms with Gasteiger partial charge in [0.1, 0.15) is 9.84 Å². The van der Waals surface area contributed by atoms with Crippen molar-refractivity contribution in [2.45, 2.75) is 18.9 Å². The van der Waals surface area contributed by atoms with E-state index >= 15 is 0 Å². The molecule has 9 heteroatoms. The molecule has 0 unspecified atom stereocenters. The summed E-state index contributed by atoms with van der Waals surface area (Å²) in [5.41, 5.74) is 4.12. The van der Waals surface area contributed by atoms with Crippen LogP contribution in [-0.2, 0) is 16.3 Å². The molecule has 3 aromatic carbocycles. The Balaban J connectivity index is 1.48. The molecule has 0 aliphatic rings. The van der Waals surface area contributed by atoms with Crippen LogP contribution in [0, 0.1) is 11.3 Å². The van der Waals surface area contributed by atoms with Crippen LogP contribution in [-0.4, -0.2) is 50.2 Å². The molecular weight excluding hydrogens is 512 g/mol. The predicted octanol–water partition coefficient (Wildman–Crippen LogP) is 3.96. The lowest BCUT2D eigenvalue weighted by Crippen LogP contribution is -2.30. The standard InChI is InChI=1S/C30H30N4O4S/c1-39(37,38)17-5-15-33-30(36)24-12-13-25-26(20-34-27(25)18-24)29(35)28(23-6-3-2-4-7-23)32-16-14-21-8-10-22(19-31)11-9-21/h2-4,6-13,18,20,28,32,34H,5,14-17H2,1H3,(H,33,36)/t28-/m1/s1. The summed E-state index contributed by atoms with van der Waals surface area (Å²) in [7, 11) is -3.08. The van der Waals surface area contributed by atoms with Gasteiger partial charge in [-0.2, -0.15) is 5.26 Å². The molecule has 1 aromatic heterocycles. The maximum Gasteiger partial charge on any atom is 0.251 e. The van der Waals surface area contributed by atoms with Gasteiger partial charge in [-0.1, -0.05) is 48.5 Å². The molecule has 0 saturated heterocycles. The number of ketones is 1. The quantitative estimate of drug-likeness (QED) is 0.183. The topological polar surface area (TPSA) is 132 Å². The molecule has 200 valence electrons. The number of benzene rings is 3. The van der Waals surface area contributed by atoms with Gasteiger partial charge in [0.15, 0.2) is 5.78 Å². The van der Waals surface area contributed by atoms with Crippen LogP contribution in [0.2, 0.25) is 0 Å². The lowest BCUT2D eigenvalue weighted by atomic mass is 9.96. The third kappa shape index (κ3) is 7.41. The first-order valence-corrected chi connectivity index (χ1v) is 14.7. The third-order valence-corrected chi connectivity index (χ3v) is 7.46. The summed E-state index contributed by atoms with van der Waals surface area (Å²) in [4.78, 5) is 29.4. The Kier molecular flexibility index (Phi) is 8.92. The molecule has 8 nitrogen and oxygen atoms in total. The SMILES string of the molecule is CS(=O)(=O)CCCNC(=O)c1ccc2c(C(=O)[C@H](NCCc3ccc(C#N)cc3)c3ccccc3)c[nH]c2c1. The van der Waals surface area contributed by atoms with Gasteiger partial charge < -0.3 is 15.6 Å². The van der Waals surface area contributed by atoms with Crippen molar-refractivity contribution in [1.29, 1.82) is 5.26 Å². The molecule has 0 saturated carbocycles. The van der Waals surface area contributed by atoms with E-state index in [4.69, 9.17) is 5.26 Å². The summed E-state index contributed by atoms with van der Waals surface area (Å²) < 4.78 is 22.5. The fourth-order valence-electron chi connectivity index (χ4n) is 4.38. The Morgan fingerprint density at radius 1 is 1.00 bits per heavy atom. The number of nitrogens with one attached hydrogen (secondary N) is 3. The first kappa shape index (κ1) is 27.8. The first-order valence-electron chi connectivity index (χ1n) is 12.6. The number of carbonyl (C=O) groups is 2. The van der Waals surface area contributed by atoms with Crippen LogP contribution in [0.3, 0.4) is 0 Å². The summed E-state index contributed by atoms with van der Waals surface area (Å²) in [5, 5.41) is 15.8. The number of hydrogen-bond acceptors (Lipinski definition) is 6. The highest BCUT2D eigenvalue weighted by molar-refractivity contribution is 7.90. The van der Waals surface area contributed by atoms with Gasteiger partial charge >= 0.3 is 0 Å². The van der Waals surface area contributed by atoms with E-state index in [1.54, 1.807) is 36.5 Å². The van der Waals surface area contributed by atoms with Gasteiger partial charge in [-0.3, -0.25) is 9.59 Å². The zero-order chi connectivity index (χ0) is 27.8. The Labute approximate surface area is 228 Å². The number of nitrogens with zero attached hydrogens (tertiary/aromatic N) is 1. The van der Waals surface area contributed by atoms with E-state index in [1.165, 1.54) is 6.26 Å². The van der Waals surface area contributed by atoms with E-state index in [2.05, 4.69) is 21.7 Å². The molecule has 0 fully saturated rings. The molecule has 4 aromatic rings. The molecule has 1 heterocycles. The Morgan fingerprint density at radius 2 is 1.74 bits per heavy atom. The molecule has 0 bridgehead atoms. The first-order chi connectivity index (χ1) is 18.7. The van der Waals surface area contributed by atoms with Gasteiger partial charge in [-0.25, -0.2) is 8.42 Å². The molecule has 0 radical (unpaired) electrons. The number of rotatable bonds is 12. The summed E-state index contributed by atoms with van der Waals surface area (Å²) >= 11 is 0. The van der Waals surface area contributed by atoms with E-state index < -0.39 is 15.9 Å². The highest BCUT2D eigenvalue weighted by Gasteiger charge is 2.24. The van der Waals surface area contributed by atoms with Gasteiger partial charge in [0.05, 0.1) is 23.4 Å². The molecule has 3 N–H and O–H groups in total. The van der Waals surface area contributed by atoms with E-state index in [0.717, 1.165) is 11.1 Å². The van der Waals surface area contributed by atoms with Gasteiger partial charge in [0.2, 0.25) is 0 Å². The zero-order valence-corrected chi connectivity index (χ0v) is 22.4. The van der Waals surface area contributed by atoms with Gasteiger partial charge in [0.25, 0.3) is 5.91 Å². The number of carbonyl (C=O) groups excluding carboxylic acids is 2. The minimum absolute atomic E-state index is 0.0124. The van der Waals surface area contributed by atoms with Crippen LogP contribution in [0.25, 0.3) is 10.9 Å². The van der Waals surface area contributed by atoms with Crippen molar-refractivity contribution in [3.63, 3.8) is 0 Å². The average molecular weight is 543 g/mol. The van der Waals surface area contributed by atoms with Crippen molar-refractivity contribution >= 4 is 32.4 Å². The fourth-order valence-corrected chi connectivity index (χ4v) is 5.05. The summed E-state index contributed by atoms with van der Waals surface area (Å²) in [6.07, 6.45) is 3.87. The number of H-pyrrole nitrogens is 1. The fraction of sp³-hybridized carbons (Fsp3) is 0.233. The predicted molar refractivity (Wildman–Crippen MR) is 151 cm³/mol. The lowest BCUT2D eigenvalue weighted by Gasteiger charge is -2.18. The van der Waals surface area contributed by atoms with Crippen LogP contribution < -0.4 is 10.6 Å². The van der Waals surface area contributed by atoms with Crippen LogP contribution in [0.4, 0.5) is 0 Å². The maximum atomic E-state index is 13.8. The van der Waals surface area contributed by atoms with Crippen molar-refractivity contribution in [1.82, 2.24) is 15.6 Å². The molecule has 0 aliphatic carbocycles. The summed E-state index contributed by atoms with van der Waals surface area (Å²) in [5.74, 6) is -0.386. The number of hydrogen-bond donors (Lipinski definition) is 3. The lowest BCUT2D eigenvalue weighted by molar-refractivity contribution is 0.0940. The highest BCUT2D eigenvalue weighted by Crippen LogP contribution is 2.26. The van der Waals surface area contributed by atoms with Crippen LogP contribution in [0.1, 0.15) is 49.9 Å². The maximum absolute atomic E-state index is 13.8. The Hall–Kier alpha value is -4.26. The largest absolute Gasteiger partial charge is 0.360 e. The van der Waals surface area contributed by atoms with Crippen molar-refractivity contribution < 1.29 is 18.0 Å². The summed E-state index contributed by atoms with van der Waals surface area (Å²) in [6, 6.07) is 23.6. The number of sulfone groups is 1.